The summed E-state index contributed by atoms with van der Waals surface area (Å²) >= 11 is 0. The van der Waals surface area contributed by atoms with E-state index < -0.39 is 22.0 Å². The molecular formula is C21H28N4O5S. The monoisotopic (exact) mass is 448 g/mol. The molecule has 10 heteroatoms. The van der Waals surface area contributed by atoms with Crippen molar-refractivity contribution in [3.05, 3.63) is 47.9 Å². The van der Waals surface area contributed by atoms with Crippen molar-refractivity contribution in [3.8, 4) is 0 Å². The lowest BCUT2D eigenvalue weighted by Crippen LogP contribution is -2.44. The molecule has 9 nitrogen and oxygen atoms in total. The van der Waals surface area contributed by atoms with Crippen LogP contribution in [0, 0.1) is 12.8 Å². The highest BCUT2D eigenvalue weighted by molar-refractivity contribution is 7.89. The van der Waals surface area contributed by atoms with E-state index in [-0.39, 0.29) is 36.2 Å². The van der Waals surface area contributed by atoms with E-state index in [1.807, 2.05) is 0 Å². The number of nitrogens with one attached hydrogen (secondary N) is 2. The Morgan fingerprint density at radius 1 is 1.26 bits per heavy atom. The molecule has 1 fully saturated rings. The third kappa shape index (κ3) is 6.38. The van der Waals surface area contributed by atoms with Crippen molar-refractivity contribution >= 4 is 21.8 Å². The van der Waals surface area contributed by atoms with Gasteiger partial charge in [-0.15, -0.1) is 0 Å². The van der Waals surface area contributed by atoms with Gasteiger partial charge in [-0.05, 0) is 31.9 Å². The molecule has 2 amide bonds. The van der Waals surface area contributed by atoms with Gasteiger partial charge in [0.1, 0.15) is 11.5 Å². The predicted octanol–water partition coefficient (Wildman–Crippen LogP) is 1.59. The van der Waals surface area contributed by atoms with Crippen LogP contribution in [0.3, 0.4) is 0 Å². The highest BCUT2D eigenvalue weighted by Crippen LogP contribution is 2.20. The Balaban J connectivity index is 1.62. The number of nitrogens with zero attached hydrogens (tertiary/aromatic N) is 2. The summed E-state index contributed by atoms with van der Waals surface area (Å²) in [6.07, 6.45) is 1.71. The summed E-state index contributed by atoms with van der Waals surface area (Å²) in [4.78, 5) is 27.0. The Kier molecular flexibility index (Phi) is 7.45. The second-order valence-electron chi connectivity index (χ2n) is 7.88. The fourth-order valence-electron chi connectivity index (χ4n) is 3.63. The van der Waals surface area contributed by atoms with Crippen molar-refractivity contribution in [2.45, 2.75) is 50.1 Å². The number of likely N-dealkylation sites (N-methyl/N-ethyl adjacent to an activating group) is 1. The van der Waals surface area contributed by atoms with Gasteiger partial charge < -0.3 is 14.7 Å². The van der Waals surface area contributed by atoms with Crippen molar-refractivity contribution in [2.75, 3.05) is 13.6 Å². The van der Waals surface area contributed by atoms with Gasteiger partial charge in [-0.2, -0.15) is 0 Å². The molecule has 1 aliphatic heterocycles. The van der Waals surface area contributed by atoms with Gasteiger partial charge in [-0.3, -0.25) is 9.59 Å². The molecule has 31 heavy (non-hydrogen) atoms. The Morgan fingerprint density at radius 2 is 2.00 bits per heavy atom. The number of hydrogen-bond donors (Lipinski definition) is 2. The first-order valence-electron chi connectivity index (χ1n) is 10.3. The van der Waals surface area contributed by atoms with E-state index in [0.717, 1.165) is 0 Å². The zero-order chi connectivity index (χ0) is 22.4. The zero-order valence-corrected chi connectivity index (χ0v) is 18.5. The molecule has 0 unspecified atom stereocenters. The lowest BCUT2D eigenvalue weighted by atomic mass is 9.96. The fraction of sp³-hybridized carbons (Fsp3) is 0.476. The van der Waals surface area contributed by atoms with Gasteiger partial charge in [0.25, 0.3) is 0 Å². The quantitative estimate of drug-likeness (QED) is 0.692. The Labute approximate surface area is 182 Å². The third-order valence-electron chi connectivity index (χ3n) is 5.31. The van der Waals surface area contributed by atoms with Gasteiger partial charge in [-0.25, -0.2) is 13.1 Å². The van der Waals surface area contributed by atoms with Gasteiger partial charge in [0.15, 0.2) is 0 Å². The maximum Gasteiger partial charge on any atom is 0.240 e. The molecule has 2 aromatic rings. The summed E-state index contributed by atoms with van der Waals surface area (Å²) in [6.45, 7) is 2.25. The minimum atomic E-state index is -3.69. The van der Waals surface area contributed by atoms with Crippen LogP contribution in [0.15, 0.2) is 45.8 Å². The first-order chi connectivity index (χ1) is 14.7. The second kappa shape index (κ2) is 10.1. The SMILES string of the molecule is Cc1cc(CNC(=O)[C@@H]2CCC[C@@H](NS(=O)(=O)c3ccccc3)CN(C)C(=O)C2)no1. The molecule has 0 bridgehead atoms. The number of rotatable bonds is 6. The van der Waals surface area contributed by atoms with Crippen molar-refractivity contribution in [2.24, 2.45) is 5.92 Å². The van der Waals surface area contributed by atoms with Crippen LogP contribution in [0.4, 0.5) is 0 Å². The van der Waals surface area contributed by atoms with Gasteiger partial charge >= 0.3 is 0 Å². The number of amides is 2. The summed E-state index contributed by atoms with van der Waals surface area (Å²) < 4.78 is 33.1. The molecule has 3 rings (SSSR count). The van der Waals surface area contributed by atoms with E-state index in [1.54, 1.807) is 38.2 Å². The lowest BCUT2D eigenvalue weighted by Gasteiger charge is -2.24. The number of carbonyl (C=O) groups excluding carboxylic acids is 2. The molecule has 2 N–H and O–H groups in total. The van der Waals surface area contributed by atoms with Crippen LogP contribution in [0.25, 0.3) is 0 Å². The molecule has 0 radical (unpaired) electrons. The average molecular weight is 449 g/mol. The minimum Gasteiger partial charge on any atom is -0.361 e. The molecule has 1 aliphatic rings. The Bertz CT molecular complexity index is 1010. The molecule has 2 heterocycles. The van der Waals surface area contributed by atoms with Crippen molar-refractivity contribution in [1.29, 1.82) is 0 Å². The summed E-state index contributed by atoms with van der Waals surface area (Å²) in [5, 5.41) is 6.66. The predicted molar refractivity (Wildman–Crippen MR) is 113 cm³/mol. The van der Waals surface area contributed by atoms with Gasteiger partial charge in [0.2, 0.25) is 21.8 Å². The summed E-state index contributed by atoms with van der Waals surface area (Å²) in [7, 11) is -2.06. The number of aromatic nitrogens is 1. The Morgan fingerprint density at radius 3 is 2.68 bits per heavy atom. The largest absolute Gasteiger partial charge is 0.361 e. The average Bonchev–Trinajstić information content (AvgIpc) is 3.17. The fourth-order valence-corrected chi connectivity index (χ4v) is 4.92. The third-order valence-corrected chi connectivity index (χ3v) is 6.85. The van der Waals surface area contributed by atoms with Crippen LogP contribution in [0.5, 0.6) is 0 Å². The maximum absolute atomic E-state index is 12.7. The first-order valence-corrected chi connectivity index (χ1v) is 11.7. The minimum absolute atomic E-state index is 0.0817. The second-order valence-corrected chi connectivity index (χ2v) is 9.60. The highest BCUT2D eigenvalue weighted by Gasteiger charge is 2.29. The topological polar surface area (TPSA) is 122 Å². The lowest BCUT2D eigenvalue weighted by molar-refractivity contribution is -0.135. The molecular weight excluding hydrogens is 420 g/mol. The van der Waals surface area contributed by atoms with Crippen molar-refractivity contribution < 1.29 is 22.5 Å². The molecule has 168 valence electrons. The van der Waals surface area contributed by atoms with Crippen molar-refractivity contribution in [3.63, 3.8) is 0 Å². The molecule has 1 saturated heterocycles. The van der Waals surface area contributed by atoms with E-state index in [0.29, 0.717) is 30.7 Å². The maximum atomic E-state index is 12.7. The van der Waals surface area contributed by atoms with E-state index in [9.17, 15) is 18.0 Å². The van der Waals surface area contributed by atoms with Gasteiger partial charge in [-0.1, -0.05) is 29.8 Å². The molecule has 0 aliphatic carbocycles. The number of aryl methyl sites for hydroxylation is 1. The van der Waals surface area contributed by atoms with E-state index in [2.05, 4.69) is 15.2 Å². The highest BCUT2D eigenvalue weighted by atomic mass is 32.2. The van der Waals surface area contributed by atoms with E-state index in [1.165, 1.54) is 17.0 Å². The molecule has 2 atom stereocenters. The van der Waals surface area contributed by atoms with Crippen LogP contribution in [-0.2, 0) is 26.2 Å². The summed E-state index contributed by atoms with van der Waals surface area (Å²) in [5.74, 6) is -0.228. The van der Waals surface area contributed by atoms with E-state index in [4.69, 9.17) is 4.52 Å². The number of hydrogen-bond acceptors (Lipinski definition) is 6. The Hall–Kier alpha value is -2.72. The summed E-state index contributed by atoms with van der Waals surface area (Å²) in [5.41, 5.74) is 0.618. The van der Waals surface area contributed by atoms with Gasteiger partial charge in [0, 0.05) is 38.0 Å². The van der Waals surface area contributed by atoms with Crippen molar-refractivity contribution in [1.82, 2.24) is 20.1 Å². The molecule has 0 spiro atoms. The van der Waals surface area contributed by atoms with E-state index >= 15 is 0 Å². The smallest absolute Gasteiger partial charge is 0.240 e. The molecule has 1 aromatic heterocycles. The first kappa shape index (κ1) is 23.0. The normalized spacial score (nSPS) is 20.6. The zero-order valence-electron chi connectivity index (χ0n) is 17.7. The standard InChI is InChI=1S/C21H28N4O5S/c1-15-11-18(23-30-15)13-22-21(27)16-7-6-8-17(14-25(2)20(26)12-16)24-31(28,29)19-9-4-3-5-10-19/h3-5,9-11,16-17,24H,6-8,12-14H2,1-2H3,(H,22,27)/t16-,17-/m1/s1. The van der Waals surface area contributed by atoms with Crippen LogP contribution in [-0.4, -0.2) is 49.9 Å². The molecule has 1 aromatic carbocycles. The van der Waals surface area contributed by atoms with Crippen LogP contribution in [0.2, 0.25) is 0 Å². The van der Waals surface area contributed by atoms with Crippen LogP contribution in [0.1, 0.15) is 37.1 Å². The number of benzene rings is 1. The molecule has 0 saturated carbocycles. The van der Waals surface area contributed by atoms with Gasteiger partial charge in [0.05, 0.1) is 11.4 Å². The number of carbonyl (C=O) groups is 2. The summed E-state index contributed by atoms with van der Waals surface area (Å²) in [6, 6.07) is 9.45. The van der Waals surface area contributed by atoms with Crippen LogP contribution >= 0.6 is 0 Å². The number of sulfonamides is 1. The van der Waals surface area contributed by atoms with Crippen LogP contribution < -0.4 is 10.0 Å².